The minimum Gasteiger partial charge on any atom is -0.373 e. The molecule has 0 amide bonds. The molecule has 1 saturated heterocycles. The highest BCUT2D eigenvalue weighted by atomic mass is 16.6. The van der Waals surface area contributed by atoms with E-state index >= 15 is 0 Å². The lowest BCUT2D eigenvalue weighted by Crippen LogP contribution is -2.02. The Kier molecular flexibility index (Phi) is 5.54. The van der Waals surface area contributed by atoms with Gasteiger partial charge in [-0.1, -0.05) is 52.9 Å². The fourth-order valence-corrected chi connectivity index (χ4v) is 1.91. The Labute approximate surface area is 89.2 Å². The van der Waals surface area contributed by atoms with Crippen LogP contribution >= 0.6 is 0 Å². The van der Waals surface area contributed by atoms with Gasteiger partial charge in [0.25, 0.3) is 0 Å². The van der Waals surface area contributed by atoms with Gasteiger partial charge < -0.3 is 4.74 Å². The maximum atomic E-state index is 5.28. The van der Waals surface area contributed by atoms with Crippen molar-refractivity contribution in [1.82, 2.24) is 0 Å². The number of epoxide rings is 1. The van der Waals surface area contributed by atoms with Crippen LogP contribution in [-0.4, -0.2) is 12.7 Å². The predicted octanol–water partition coefficient (Wildman–Crippen LogP) is 4.02. The quantitative estimate of drug-likeness (QED) is 0.424. The van der Waals surface area contributed by atoms with E-state index in [2.05, 4.69) is 20.8 Å². The Hall–Kier alpha value is -0.0400. The van der Waals surface area contributed by atoms with Gasteiger partial charge in [0.1, 0.15) is 0 Å². The summed E-state index contributed by atoms with van der Waals surface area (Å²) in [5.41, 5.74) is 0. The molecule has 0 saturated carbocycles. The zero-order valence-corrected chi connectivity index (χ0v) is 10.1. The van der Waals surface area contributed by atoms with E-state index in [0.29, 0.717) is 6.10 Å². The zero-order valence-electron chi connectivity index (χ0n) is 10.1. The summed E-state index contributed by atoms with van der Waals surface area (Å²) in [5.74, 6) is 1.73. The van der Waals surface area contributed by atoms with Gasteiger partial charge in [-0.3, -0.25) is 0 Å². The second-order valence-electron chi connectivity index (χ2n) is 5.00. The van der Waals surface area contributed by atoms with Crippen molar-refractivity contribution >= 4 is 0 Å². The number of hydrogen-bond donors (Lipinski definition) is 0. The summed E-state index contributed by atoms with van der Waals surface area (Å²) in [6.45, 7) is 8.00. The number of ether oxygens (including phenoxy) is 1. The van der Waals surface area contributed by atoms with Gasteiger partial charge in [0.05, 0.1) is 12.7 Å². The lowest BCUT2D eigenvalue weighted by atomic mass is 9.97. The normalized spacial score (nSPS) is 24.6. The first-order valence-electron chi connectivity index (χ1n) is 6.35. The van der Waals surface area contributed by atoms with Crippen molar-refractivity contribution in [2.24, 2.45) is 11.8 Å². The van der Waals surface area contributed by atoms with Crippen LogP contribution in [-0.2, 0) is 4.74 Å². The summed E-state index contributed by atoms with van der Waals surface area (Å²) < 4.78 is 5.28. The third-order valence-corrected chi connectivity index (χ3v) is 3.55. The van der Waals surface area contributed by atoms with Crippen molar-refractivity contribution in [1.29, 1.82) is 0 Å². The molecule has 0 N–H and O–H groups in total. The minimum atomic E-state index is 0.615. The smallest absolute Gasteiger partial charge is 0.0835 e. The van der Waals surface area contributed by atoms with Crippen LogP contribution in [0.25, 0.3) is 0 Å². The van der Waals surface area contributed by atoms with E-state index in [1.54, 1.807) is 0 Å². The lowest BCUT2D eigenvalue weighted by molar-refractivity contribution is 0.323. The van der Waals surface area contributed by atoms with Crippen molar-refractivity contribution in [3.05, 3.63) is 0 Å². The van der Waals surface area contributed by atoms with Gasteiger partial charge in [0, 0.05) is 0 Å². The molecular formula is C13H26O. The van der Waals surface area contributed by atoms with Crippen LogP contribution in [0.4, 0.5) is 0 Å². The third kappa shape index (κ3) is 4.99. The van der Waals surface area contributed by atoms with E-state index in [0.717, 1.165) is 18.4 Å². The zero-order chi connectivity index (χ0) is 10.4. The van der Waals surface area contributed by atoms with E-state index in [-0.39, 0.29) is 0 Å². The molecule has 84 valence electrons. The van der Waals surface area contributed by atoms with Crippen molar-refractivity contribution in [2.75, 3.05) is 6.61 Å². The molecule has 3 unspecified atom stereocenters. The van der Waals surface area contributed by atoms with Crippen molar-refractivity contribution < 1.29 is 4.74 Å². The summed E-state index contributed by atoms with van der Waals surface area (Å²) in [7, 11) is 0. The molecule has 14 heavy (non-hydrogen) atoms. The van der Waals surface area contributed by atoms with Gasteiger partial charge in [0.2, 0.25) is 0 Å². The third-order valence-electron chi connectivity index (χ3n) is 3.55. The van der Waals surface area contributed by atoms with E-state index < -0.39 is 0 Å². The van der Waals surface area contributed by atoms with Crippen LogP contribution in [0.1, 0.15) is 59.3 Å². The molecule has 1 rings (SSSR count). The molecule has 1 heteroatoms. The molecule has 1 fully saturated rings. The summed E-state index contributed by atoms with van der Waals surface area (Å²) in [5, 5.41) is 0. The van der Waals surface area contributed by atoms with E-state index in [4.69, 9.17) is 4.74 Å². The predicted molar refractivity (Wildman–Crippen MR) is 61.4 cm³/mol. The highest BCUT2D eigenvalue weighted by molar-refractivity contribution is 4.75. The van der Waals surface area contributed by atoms with Crippen molar-refractivity contribution in [2.45, 2.75) is 65.4 Å². The second kappa shape index (κ2) is 6.44. The molecule has 0 radical (unpaired) electrons. The molecule has 1 heterocycles. The molecular weight excluding hydrogens is 172 g/mol. The summed E-state index contributed by atoms with van der Waals surface area (Å²) in [4.78, 5) is 0. The van der Waals surface area contributed by atoms with Gasteiger partial charge in [-0.25, -0.2) is 0 Å². The van der Waals surface area contributed by atoms with E-state index in [1.807, 2.05) is 0 Å². The Morgan fingerprint density at radius 3 is 2.36 bits per heavy atom. The molecule has 1 nitrogen and oxygen atoms in total. The number of hydrogen-bond acceptors (Lipinski definition) is 1. The van der Waals surface area contributed by atoms with Crippen LogP contribution in [0, 0.1) is 11.8 Å². The lowest BCUT2D eigenvalue weighted by Gasteiger charge is -2.09. The summed E-state index contributed by atoms with van der Waals surface area (Å²) in [6.07, 6.45) is 8.98. The Balaban J connectivity index is 1.83. The monoisotopic (exact) mass is 198 g/mol. The summed E-state index contributed by atoms with van der Waals surface area (Å²) in [6, 6.07) is 0. The molecule has 0 spiro atoms. The molecule has 0 aliphatic carbocycles. The van der Waals surface area contributed by atoms with Gasteiger partial charge in [0.15, 0.2) is 0 Å². The molecule has 0 bridgehead atoms. The maximum absolute atomic E-state index is 5.28. The first-order valence-corrected chi connectivity index (χ1v) is 6.35. The van der Waals surface area contributed by atoms with Crippen LogP contribution < -0.4 is 0 Å². The number of rotatable bonds is 8. The molecule has 1 aliphatic heterocycles. The fourth-order valence-electron chi connectivity index (χ4n) is 1.91. The molecule has 0 aromatic carbocycles. The fraction of sp³-hybridized carbons (Fsp3) is 1.00. The Morgan fingerprint density at radius 2 is 1.79 bits per heavy atom. The van der Waals surface area contributed by atoms with Gasteiger partial charge >= 0.3 is 0 Å². The van der Waals surface area contributed by atoms with Crippen LogP contribution in [0.15, 0.2) is 0 Å². The maximum Gasteiger partial charge on any atom is 0.0835 e. The largest absolute Gasteiger partial charge is 0.373 e. The van der Waals surface area contributed by atoms with Crippen molar-refractivity contribution in [3.8, 4) is 0 Å². The average Bonchev–Trinajstić information content (AvgIpc) is 2.99. The summed E-state index contributed by atoms with van der Waals surface area (Å²) >= 11 is 0. The van der Waals surface area contributed by atoms with Crippen molar-refractivity contribution in [3.63, 3.8) is 0 Å². The van der Waals surface area contributed by atoms with Gasteiger partial charge in [-0.2, -0.15) is 0 Å². The first-order chi connectivity index (χ1) is 6.74. The van der Waals surface area contributed by atoms with Gasteiger partial charge in [-0.15, -0.1) is 0 Å². The second-order valence-corrected chi connectivity index (χ2v) is 5.00. The standard InChI is InChI=1S/C13H26O/c1-4-11(2)8-6-5-7-9-12(3)13-10-14-13/h11-13H,4-10H2,1-3H3. The minimum absolute atomic E-state index is 0.615. The topological polar surface area (TPSA) is 12.5 Å². The molecule has 3 atom stereocenters. The van der Waals surface area contributed by atoms with E-state index in [1.165, 1.54) is 38.5 Å². The number of unbranched alkanes of at least 4 members (excludes halogenated alkanes) is 2. The Bertz CT molecular complexity index is 140. The van der Waals surface area contributed by atoms with E-state index in [9.17, 15) is 0 Å². The first kappa shape index (κ1) is 12.0. The molecule has 1 aliphatic rings. The molecule has 0 aromatic rings. The van der Waals surface area contributed by atoms with Crippen LogP contribution in [0.2, 0.25) is 0 Å². The highest BCUT2D eigenvalue weighted by Gasteiger charge is 2.28. The highest BCUT2D eigenvalue weighted by Crippen LogP contribution is 2.24. The average molecular weight is 198 g/mol. The Morgan fingerprint density at radius 1 is 1.14 bits per heavy atom. The SMILES string of the molecule is CCC(C)CCCCCC(C)C1CO1. The molecule has 0 aromatic heterocycles. The van der Waals surface area contributed by atoms with Gasteiger partial charge in [-0.05, 0) is 18.3 Å². The van der Waals surface area contributed by atoms with Crippen LogP contribution in [0.5, 0.6) is 0 Å². The van der Waals surface area contributed by atoms with Crippen LogP contribution in [0.3, 0.4) is 0 Å².